The van der Waals surface area contributed by atoms with Gasteiger partial charge in [-0.1, -0.05) is 12.8 Å². The topological polar surface area (TPSA) is 55.4 Å². The molecule has 1 fully saturated rings. The second-order valence-electron chi connectivity index (χ2n) is 5.72. The van der Waals surface area contributed by atoms with Crippen molar-refractivity contribution < 1.29 is 28.4 Å². The van der Waals surface area contributed by atoms with E-state index in [2.05, 4.69) is 0 Å². The van der Waals surface area contributed by atoms with Crippen LogP contribution >= 0.6 is 0 Å². The molecule has 6 heteroatoms. The number of hydrogen-bond donors (Lipinski definition) is 0. The Morgan fingerprint density at radius 3 is 1.33 bits per heavy atom. The van der Waals surface area contributed by atoms with Crippen molar-refractivity contribution in [2.45, 2.75) is 51.7 Å². The highest BCUT2D eigenvalue weighted by Crippen LogP contribution is 2.23. The van der Waals surface area contributed by atoms with Crippen molar-refractivity contribution >= 4 is 0 Å². The maximum Gasteiger partial charge on any atom is 0.0837 e. The van der Waals surface area contributed by atoms with Gasteiger partial charge in [0.1, 0.15) is 0 Å². The van der Waals surface area contributed by atoms with E-state index in [-0.39, 0.29) is 12.2 Å². The van der Waals surface area contributed by atoms with Gasteiger partial charge in [0.15, 0.2) is 0 Å². The second kappa shape index (κ2) is 16.2. The lowest BCUT2D eigenvalue weighted by Gasteiger charge is -2.31. The number of ether oxygens (including phenoxy) is 6. The number of hydrogen-bond acceptors (Lipinski definition) is 6. The summed E-state index contributed by atoms with van der Waals surface area (Å²) in [7, 11) is 0. The Morgan fingerprint density at radius 2 is 0.917 bits per heavy atom. The van der Waals surface area contributed by atoms with E-state index in [1.165, 1.54) is 12.8 Å². The van der Waals surface area contributed by atoms with Gasteiger partial charge >= 0.3 is 0 Å². The Balaban J connectivity index is 2.02. The highest BCUT2D eigenvalue weighted by atomic mass is 16.6. The minimum atomic E-state index is 0.178. The first kappa shape index (κ1) is 21.8. The van der Waals surface area contributed by atoms with Crippen LogP contribution in [0.15, 0.2) is 0 Å². The lowest BCUT2D eigenvalue weighted by atomic mass is 9.94. The van der Waals surface area contributed by atoms with Crippen LogP contribution in [-0.4, -0.2) is 78.3 Å². The van der Waals surface area contributed by atoms with Crippen LogP contribution in [0.4, 0.5) is 0 Å². The van der Waals surface area contributed by atoms with Gasteiger partial charge in [0, 0.05) is 13.2 Å². The van der Waals surface area contributed by atoms with E-state index in [0.29, 0.717) is 52.9 Å². The van der Waals surface area contributed by atoms with Crippen molar-refractivity contribution in [3.8, 4) is 0 Å². The molecule has 6 nitrogen and oxygen atoms in total. The van der Waals surface area contributed by atoms with Gasteiger partial charge in [-0.2, -0.15) is 0 Å². The molecule has 0 N–H and O–H groups in total. The standard InChI is InChI=1S/C18H36O6/c1-3-19-9-11-21-13-15-23-17-7-5-6-8-18(17)24-16-14-22-12-10-20-4-2/h17-18H,3-16H2,1-2H3/t17-,18-/m1/s1. The molecule has 2 atom stereocenters. The van der Waals surface area contributed by atoms with Crippen LogP contribution in [0, 0.1) is 0 Å². The van der Waals surface area contributed by atoms with Crippen molar-refractivity contribution in [3.63, 3.8) is 0 Å². The predicted octanol–water partition coefficient (Wildman–Crippen LogP) is 2.44. The highest BCUT2D eigenvalue weighted by Gasteiger charge is 2.26. The third-order valence-corrected chi connectivity index (χ3v) is 3.91. The average molecular weight is 348 g/mol. The van der Waals surface area contributed by atoms with Gasteiger partial charge in [0.2, 0.25) is 0 Å². The molecule has 0 unspecified atom stereocenters. The van der Waals surface area contributed by atoms with Crippen molar-refractivity contribution in [1.29, 1.82) is 0 Å². The summed E-state index contributed by atoms with van der Waals surface area (Å²) in [6.07, 6.45) is 4.90. The van der Waals surface area contributed by atoms with E-state index in [1.807, 2.05) is 13.8 Å². The maximum atomic E-state index is 5.96. The third-order valence-electron chi connectivity index (χ3n) is 3.91. The summed E-state index contributed by atoms with van der Waals surface area (Å²) in [4.78, 5) is 0. The summed E-state index contributed by atoms with van der Waals surface area (Å²) in [6.45, 7) is 10.4. The maximum absolute atomic E-state index is 5.96. The van der Waals surface area contributed by atoms with Gasteiger partial charge in [-0.15, -0.1) is 0 Å². The molecule has 0 bridgehead atoms. The molecule has 0 heterocycles. The first-order valence-corrected chi connectivity index (χ1v) is 9.42. The summed E-state index contributed by atoms with van der Waals surface area (Å²) < 4.78 is 33.3. The minimum Gasteiger partial charge on any atom is -0.379 e. The molecule has 1 saturated carbocycles. The zero-order valence-corrected chi connectivity index (χ0v) is 15.5. The van der Waals surface area contributed by atoms with E-state index in [0.717, 1.165) is 26.1 Å². The van der Waals surface area contributed by atoms with Crippen LogP contribution in [0.3, 0.4) is 0 Å². The molecule has 0 aromatic rings. The van der Waals surface area contributed by atoms with Crippen molar-refractivity contribution in [1.82, 2.24) is 0 Å². The van der Waals surface area contributed by atoms with Crippen molar-refractivity contribution in [2.75, 3.05) is 66.1 Å². The molecular weight excluding hydrogens is 312 g/mol. The Hall–Kier alpha value is -0.240. The Labute approximate surface area is 147 Å². The van der Waals surface area contributed by atoms with Crippen LogP contribution < -0.4 is 0 Å². The fraction of sp³-hybridized carbons (Fsp3) is 1.00. The third kappa shape index (κ3) is 11.3. The average Bonchev–Trinajstić information content (AvgIpc) is 2.61. The van der Waals surface area contributed by atoms with Crippen molar-refractivity contribution in [2.24, 2.45) is 0 Å². The molecule has 1 aliphatic rings. The Bertz CT molecular complexity index is 238. The van der Waals surface area contributed by atoms with Gasteiger partial charge in [-0.25, -0.2) is 0 Å². The number of rotatable bonds is 16. The highest BCUT2D eigenvalue weighted by molar-refractivity contribution is 4.76. The molecular formula is C18H36O6. The van der Waals surface area contributed by atoms with E-state index in [1.54, 1.807) is 0 Å². The molecule has 0 amide bonds. The van der Waals surface area contributed by atoms with Crippen LogP contribution in [-0.2, 0) is 28.4 Å². The SMILES string of the molecule is CCOCCOCCO[C@@H]1CCCC[C@H]1OCCOCCOCC. The van der Waals surface area contributed by atoms with E-state index < -0.39 is 0 Å². The van der Waals surface area contributed by atoms with Crippen molar-refractivity contribution in [3.05, 3.63) is 0 Å². The normalized spacial score (nSPS) is 21.2. The van der Waals surface area contributed by atoms with Crippen LogP contribution in [0.2, 0.25) is 0 Å². The van der Waals surface area contributed by atoms with E-state index in [9.17, 15) is 0 Å². The van der Waals surface area contributed by atoms with Gasteiger partial charge < -0.3 is 28.4 Å². The van der Waals surface area contributed by atoms with Gasteiger partial charge in [0.25, 0.3) is 0 Å². The first-order chi connectivity index (χ1) is 11.9. The summed E-state index contributed by atoms with van der Waals surface area (Å²) >= 11 is 0. The van der Waals surface area contributed by atoms with E-state index in [4.69, 9.17) is 28.4 Å². The Morgan fingerprint density at radius 1 is 0.542 bits per heavy atom. The minimum absolute atomic E-state index is 0.178. The quantitative estimate of drug-likeness (QED) is 0.399. The summed E-state index contributed by atoms with van der Waals surface area (Å²) in [6, 6.07) is 0. The molecule has 0 radical (unpaired) electrons. The Kier molecular flexibility index (Phi) is 14.8. The molecule has 24 heavy (non-hydrogen) atoms. The fourth-order valence-electron chi connectivity index (χ4n) is 2.69. The van der Waals surface area contributed by atoms with Crippen LogP contribution in [0.1, 0.15) is 39.5 Å². The molecule has 1 rings (SSSR count). The lowest BCUT2D eigenvalue weighted by molar-refractivity contribution is -0.111. The first-order valence-electron chi connectivity index (χ1n) is 9.42. The molecule has 0 aromatic carbocycles. The fourth-order valence-corrected chi connectivity index (χ4v) is 2.69. The summed E-state index contributed by atoms with van der Waals surface area (Å²) in [5, 5.41) is 0. The van der Waals surface area contributed by atoms with Crippen LogP contribution in [0.25, 0.3) is 0 Å². The molecule has 0 aliphatic heterocycles. The molecule has 0 saturated heterocycles. The van der Waals surface area contributed by atoms with E-state index >= 15 is 0 Å². The molecule has 0 aromatic heterocycles. The second-order valence-corrected chi connectivity index (χ2v) is 5.72. The molecule has 1 aliphatic carbocycles. The van der Waals surface area contributed by atoms with Crippen LogP contribution in [0.5, 0.6) is 0 Å². The zero-order valence-electron chi connectivity index (χ0n) is 15.5. The van der Waals surface area contributed by atoms with Gasteiger partial charge in [-0.3, -0.25) is 0 Å². The zero-order chi connectivity index (χ0) is 17.3. The molecule has 0 spiro atoms. The predicted molar refractivity (Wildman–Crippen MR) is 92.6 cm³/mol. The summed E-state index contributed by atoms with van der Waals surface area (Å²) in [5.74, 6) is 0. The summed E-state index contributed by atoms with van der Waals surface area (Å²) in [5.41, 5.74) is 0. The van der Waals surface area contributed by atoms with Gasteiger partial charge in [0.05, 0.1) is 65.1 Å². The lowest BCUT2D eigenvalue weighted by Crippen LogP contribution is -2.36. The van der Waals surface area contributed by atoms with Gasteiger partial charge in [-0.05, 0) is 26.7 Å². The monoisotopic (exact) mass is 348 g/mol. The molecule has 144 valence electrons. The largest absolute Gasteiger partial charge is 0.379 e. The smallest absolute Gasteiger partial charge is 0.0837 e.